The fourth-order valence-corrected chi connectivity index (χ4v) is 5.32. The third-order valence-electron chi connectivity index (χ3n) is 5.42. The third-order valence-corrected chi connectivity index (χ3v) is 7.24. The van der Waals surface area contributed by atoms with Crippen LogP contribution in [0.15, 0.2) is 0 Å². The average molecular weight is 396 g/mol. The summed E-state index contributed by atoms with van der Waals surface area (Å²) in [4.78, 5) is 0. The van der Waals surface area contributed by atoms with Gasteiger partial charge in [-0.25, -0.2) is 0 Å². The highest BCUT2D eigenvalue weighted by molar-refractivity contribution is 8.09. The molecular weight excluding hydrogens is 363 g/mol. The van der Waals surface area contributed by atoms with Crippen molar-refractivity contribution in [2.24, 2.45) is 11.8 Å². The van der Waals surface area contributed by atoms with Gasteiger partial charge in [0.15, 0.2) is 6.49 Å². The van der Waals surface area contributed by atoms with E-state index >= 15 is 0 Å². The molecule has 0 spiro atoms. The SMILES string of the molecule is COCC1OC(C)C(C)C1OP(C)(=S)OCC1OC(C)C(C)C1OC. The van der Waals surface area contributed by atoms with Crippen molar-refractivity contribution in [1.29, 1.82) is 0 Å². The Morgan fingerprint density at radius 2 is 1.40 bits per heavy atom. The van der Waals surface area contributed by atoms with E-state index in [1.165, 1.54) is 0 Å². The quantitative estimate of drug-likeness (QED) is 0.585. The lowest BCUT2D eigenvalue weighted by Crippen LogP contribution is -2.33. The molecule has 9 atom stereocenters. The van der Waals surface area contributed by atoms with Gasteiger partial charge >= 0.3 is 0 Å². The zero-order valence-corrected chi connectivity index (χ0v) is 18.0. The Kier molecular flexibility index (Phi) is 7.87. The molecule has 0 saturated carbocycles. The lowest BCUT2D eigenvalue weighted by molar-refractivity contribution is -0.0345. The number of hydrogen-bond donors (Lipinski definition) is 0. The average Bonchev–Trinajstić information content (AvgIpc) is 2.97. The lowest BCUT2D eigenvalue weighted by atomic mass is 9.99. The van der Waals surface area contributed by atoms with Crippen LogP contribution < -0.4 is 0 Å². The molecule has 0 aromatic heterocycles. The fourth-order valence-electron chi connectivity index (χ4n) is 3.59. The second-order valence-corrected chi connectivity index (χ2v) is 11.3. The molecule has 0 radical (unpaired) electrons. The van der Waals surface area contributed by atoms with Gasteiger partial charge in [-0.3, -0.25) is 0 Å². The van der Waals surface area contributed by atoms with Crippen LogP contribution in [-0.2, 0) is 39.8 Å². The minimum Gasteiger partial charge on any atom is -0.382 e. The maximum atomic E-state index is 6.23. The minimum absolute atomic E-state index is 0.0139. The van der Waals surface area contributed by atoms with Crippen molar-refractivity contribution < 1.29 is 28.0 Å². The van der Waals surface area contributed by atoms with Gasteiger partial charge in [0, 0.05) is 32.7 Å². The van der Waals surface area contributed by atoms with Crippen molar-refractivity contribution in [2.75, 3.05) is 34.1 Å². The van der Waals surface area contributed by atoms with Crippen LogP contribution in [0.2, 0.25) is 0 Å². The Labute approximate surface area is 157 Å². The molecule has 0 amide bonds. The van der Waals surface area contributed by atoms with Crippen LogP contribution in [0.3, 0.4) is 0 Å². The Balaban J connectivity index is 1.94. The van der Waals surface area contributed by atoms with Gasteiger partial charge in [-0.2, -0.15) is 0 Å². The Hall–Kier alpha value is 0.410. The van der Waals surface area contributed by atoms with Crippen molar-refractivity contribution in [3.63, 3.8) is 0 Å². The Bertz CT molecular complexity index is 478. The van der Waals surface area contributed by atoms with Crippen LogP contribution in [0.25, 0.3) is 0 Å². The lowest BCUT2D eigenvalue weighted by Gasteiger charge is -2.29. The molecule has 2 aliphatic rings. The summed E-state index contributed by atoms with van der Waals surface area (Å²) in [5.41, 5.74) is 0. The minimum atomic E-state index is -2.43. The maximum Gasteiger partial charge on any atom is 0.186 e. The number of hydrogen-bond acceptors (Lipinski definition) is 7. The van der Waals surface area contributed by atoms with Gasteiger partial charge < -0.3 is 28.0 Å². The first kappa shape index (κ1) is 21.7. The molecule has 2 fully saturated rings. The molecule has 25 heavy (non-hydrogen) atoms. The van der Waals surface area contributed by atoms with E-state index in [-0.39, 0.29) is 42.5 Å². The second-order valence-electron chi connectivity index (χ2n) is 7.27. The van der Waals surface area contributed by atoms with Crippen molar-refractivity contribution in [1.82, 2.24) is 0 Å². The van der Waals surface area contributed by atoms with Crippen molar-refractivity contribution in [2.45, 2.75) is 64.3 Å². The third kappa shape index (κ3) is 5.23. The van der Waals surface area contributed by atoms with Gasteiger partial charge in [0.2, 0.25) is 0 Å². The molecule has 2 heterocycles. The first-order valence-electron chi connectivity index (χ1n) is 8.93. The summed E-state index contributed by atoms with van der Waals surface area (Å²) in [6.45, 7) is 8.66. The van der Waals surface area contributed by atoms with E-state index in [4.69, 9.17) is 39.8 Å². The van der Waals surface area contributed by atoms with Gasteiger partial charge in [-0.05, 0) is 25.7 Å². The topological polar surface area (TPSA) is 55.4 Å². The fraction of sp³-hybridized carbons (Fsp3) is 1.00. The first-order chi connectivity index (χ1) is 11.7. The predicted molar refractivity (Wildman–Crippen MR) is 101 cm³/mol. The largest absolute Gasteiger partial charge is 0.382 e. The zero-order chi connectivity index (χ0) is 18.8. The van der Waals surface area contributed by atoms with Crippen LogP contribution >= 0.6 is 6.49 Å². The molecule has 9 unspecified atom stereocenters. The van der Waals surface area contributed by atoms with E-state index in [9.17, 15) is 0 Å². The predicted octanol–water partition coefficient (Wildman–Crippen LogP) is 2.84. The van der Waals surface area contributed by atoms with Crippen molar-refractivity contribution in [3.8, 4) is 0 Å². The number of ether oxygens (including phenoxy) is 4. The van der Waals surface area contributed by atoms with Gasteiger partial charge in [-0.1, -0.05) is 13.8 Å². The van der Waals surface area contributed by atoms with Gasteiger partial charge in [-0.15, -0.1) is 0 Å². The molecule has 148 valence electrons. The highest BCUT2D eigenvalue weighted by atomic mass is 32.5. The van der Waals surface area contributed by atoms with E-state index in [2.05, 4.69) is 27.7 Å². The number of methoxy groups -OCH3 is 2. The summed E-state index contributed by atoms with van der Waals surface area (Å²) in [6, 6.07) is 0. The van der Waals surface area contributed by atoms with Crippen LogP contribution in [0.1, 0.15) is 27.7 Å². The molecule has 0 aromatic rings. The van der Waals surface area contributed by atoms with E-state index < -0.39 is 6.49 Å². The summed E-state index contributed by atoms with van der Waals surface area (Å²) in [6.07, 6.45) is -0.0872. The van der Waals surface area contributed by atoms with Crippen LogP contribution in [-0.4, -0.2) is 70.7 Å². The first-order valence-corrected chi connectivity index (χ1v) is 12.0. The molecule has 0 bridgehead atoms. The Morgan fingerprint density at radius 1 is 0.880 bits per heavy atom. The molecule has 0 N–H and O–H groups in total. The van der Waals surface area contributed by atoms with Crippen molar-refractivity contribution >= 4 is 18.3 Å². The summed E-state index contributed by atoms with van der Waals surface area (Å²) < 4.78 is 35.0. The summed E-state index contributed by atoms with van der Waals surface area (Å²) in [5.74, 6) is 0.560. The molecule has 8 heteroatoms. The smallest absolute Gasteiger partial charge is 0.186 e. The molecule has 2 rings (SSSR count). The second kappa shape index (κ2) is 9.07. The van der Waals surface area contributed by atoms with Gasteiger partial charge in [0.1, 0.15) is 12.2 Å². The van der Waals surface area contributed by atoms with Gasteiger partial charge in [0.25, 0.3) is 0 Å². The summed E-state index contributed by atoms with van der Waals surface area (Å²) in [7, 11) is 3.37. The maximum absolute atomic E-state index is 6.23. The molecule has 0 aliphatic carbocycles. The summed E-state index contributed by atoms with van der Waals surface area (Å²) >= 11 is 5.65. The van der Waals surface area contributed by atoms with Crippen LogP contribution in [0.4, 0.5) is 0 Å². The van der Waals surface area contributed by atoms with E-state index in [0.29, 0.717) is 19.1 Å². The van der Waals surface area contributed by atoms with Crippen molar-refractivity contribution in [3.05, 3.63) is 0 Å². The summed E-state index contributed by atoms with van der Waals surface area (Å²) in [5, 5.41) is 0. The number of rotatable bonds is 8. The standard InChI is InChI=1S/C17H33O6PS/c1-10-12(3)22-15(16(10)19-6)9-20-24(7,25)23-17-11(2)13(4)21-14(17)8-18-5/h10-17H,8-9H2,1-7H3. The molecular formula is C17H33O6PS. The molecule has 6 nitrogen and oxygen atoms in total. The zero-order valence-electron chi connectivity index (χ0n) is 16.3. The van der Waals surface area contributed by atoms with E-state index in [1.54, 1.807) is 14.2 Å². The Morgan fingerprint density at radius 3 is 1.92 bits per heavy atom. The van der Waals surface area contributed by atoms with Crippen LogP contribution in [0, 0.1) is 11.8 Å². The molecule has 2 saturated heterocycles. The molecule has 0 aromatic carbocycles. The molecule has 2 aliphatic heterocycles. The van der Waals surface area contributed by atoms with E-state index in [1.807, 2.05) is 6.66 Å². The highest BCUT2D eigenvalue weighted by Gasteiger charge is 2.44. The van der Waals surface area contributed by atoms with Gasteiger partial charge in [0.05, 0.1) is 37.6 Å². The van der Waals surface area contributed by atoms with E-state index in [0.717, 1.165) is 0 Å². The highest BCUT2D eigenvalue weighted by Crippen LogP contribution is 2.50. The van der Waals surface area contributed by atoms with Crippen LogP contribution in [0.5, 0.6) is 0 Å². The monoisotopic (exact) mass is 396 g/mol. The normalized spacial score (nSPS) is 44.1.